The van der Waals surface area contributed by atoms with E-state index in [1.807, 2.05) is 6.92 Å². The normalized spacial score (nSPS) is 10.3. The molecule has 0 aliphatic carbocycles. The second-order valence-electron chi connectivity index (χ2n) is 5.36. The molecule has 2 N–H and O–H groups in total. The van der Waals surface area contributed by atoms with Gasteiger partial charge in [0.1, 0.15) is 17.9 Å². The number of ether oxygens (including phenoxy) is 1. The highest BCUT2D eigenvalue weighted by Crippen LogP contribution is 2.33. The molecule has 3 aromatic rings. The van der Waals surface area contributed by atoms with Crippen LogP contribution in [0.4, 0.5) is 33.1 Å². The fourth-order valence-corrected chi connectivity index (χ4v) is 2.36. The van der Waals surface area contributed by atoms with Crippen molar-refractivity contribution in [2.75, 3.05) is 17.2 Å². The summed E-state index contributed by atoms with van der Waals surface area (Å²) in [4.78, 5) is 18.8. The van der Waals surface area contributed by atoms with E-state index in [0.717, 1.165) is 6.33 Å². The molecule has 8 nitrogen and oxygen atoms in total. The standard InChI is InChI=1S/C18H16FN5O3/c1-2-27-13-9-7-12(8-10-13)22-17-16(24(25)26)18(21-11-20-17)23-15-6-4-3-5-14(15)19/h3-11H,2H2,1H3,(H2,20,21,22,23). The summed E-state index contributed by atoms with van der Waals surface area (Å²) < 4.78 is 19.2. The van der Waals surface area contributed by atoms with Gasteiger partial charge in [-0.2, -0.15) is 0 Å². The summed E-state index contributed by atoms with van der Waals surface area (Å²) in [6.45, 7) is 2.41. The van der Waals surface area contributed by atoms with Crippen LogP contribution in [0.25, 0.3) is 0 Å². The van der Waals surface area contributed by atoms with Crippen LogP contribution >= 0.6 is 0 Å². The molecule has 0 unspecified atom stereocenters. The van der Waals surface area contributed by atoms with E-state index in [1.165, 1.54) is 18.2 Å². The van der Waals surface area contributed by atoms with E-state index < -0.39 is 16.4 Å². The summed E-state index contributed by atoms with van der Waals surface area (Å²) in [7, 11) is 0. The predicted octanol–water partition coefficient (Wildman–Crippen LogP) is 4.41. The number of hydrogen-bond acceptors (Lipinski definition) is 7. The molecule has 0 saturated carbocycles. The van der Waals surface area contributed by atoms with E-state index in [4.69, 9.17) is 4.74 Å². The first-order chi connectivity index (χ1) is 13.1. The zero-order valence-corrected chi connectivity index (χ0v) is 14.3. The molecule has 3 rings (SSSR count). The van der Waals surface area contributed by atoms with Gasteiger partial charge in [-0.05, 0) is 43.3 Å². The number of halogens is 1. The summed E-state index contributed by atoms with van der Waals surface area (Å²) in [6.07, 6.45) is 1.16. The van der Waals surface area contributed by atoms with Crippen LogP contribution in [0.3, 0.4) is 0 Å². The first kappa shape index (κ1) is 18.1. The third-order valence-electron chi connectivity index (χ3n) is 3.56. The van der Waals surface area contributed by atoms with Crippen molar-refractivity contribution in [1.29, 1.82) is 0 Å². The second kappa shape index (κ2) is 8.09. The molecule has 1 aromatic heterocycles. The Morgan fingerprint density at radius 3 is 2.37 bits per heavy atom. The van der Waals surface area contributed by atoms with Crippen LogP contribution in [-0.2, 0) is 0 Å². The van der Waals surface area contributed by atoms with E-state index in [1.54, 1.807) is 30.3 Å². The molecule has 9 heteroatoms. The zero-order chi connectivity index (χ0) is 19.2. The molecule has 138 valence electrons. The molecule has 0 atom stereocenters. The predicted molar refractivity (Wildman–Crippen MR) is 99.3 cm³/mol. The summed E-state index contributed by atoms with van der Waals surface area (Å²) in [5.41, 5.74) is 0.262. The average Bonchev–Trinajstić information content (AvgIpc) is 2.65. The van der Waals surface area contributed by atoms with Crippen molar-refractivity contribution >= 4 is 28.7 Å². The van der Waals surface area contributed by atoms with Gasteiger partial charge in [0.25, 0.3) is 0 Å². The summed E-state index contributed by atoms with van der Waals surface area (Å²) in [5, 5.41) is 17.1. The highest BCUT2D eigenvalue weighted by molar-refractivity contribution is 5.76. The molecular weight excluding hydrogens is 353 g/mol. The fraction of sp³-hybridized carbons (Fsp3) is 0.111. The molecule has 0 spiro atoms. The number of nitrogens with one attached hydrogen (secondary N) is 2. The third-order valence-corrected chi connectivity index (χ3v) is 3.56. The van der Waals surface area contributed by atoms with Crippen LogP contribution in [0.5, 0.6) is 5.75 Å². The molecule has 0 fully saturated rings. The fourth-order valence-electron chi connectivity index (χ4n) is 2.36. The number of nitro groups is 1. The minimum Gasteiger partial charge on any atom is -0.494 e. The summed E-state index contributed by atoms with van der Waals surface area (Å²) in [5.74, 6) is 0.000105. The molecule has 0 saturated heterocycles. The van der Waals surface area contributed by atoms with Crippen LogP contribution in [0, 0.1) is 15.9 Å². The lowest BCUT2D eigenvalue weighted by molar-refractivity contribution is -0.383. The maximum atomic E-state index is 13.9. The van der Waals surface area contributed by atoms with Crippen LogP contribution in [0.2, 0.25) is 0 Å². The number of anilines is 4. The number of hydrogen-bond donors (Lipinski definition) is 2. The van der Waals surface area contributed by atoms with E-state index in [-0.39, 0.29) is 17.3 Å². The van der Waals surface area contributed by atoms with Gasteiger partial charge in [-0.1, -0.05) is 12.1 Å². The molecule has 0 amide bonds. The Kier molecular flexibility index (Phi) is 5.41. The lowest BCUT2D eigenvalue weighted by Gasteiger charge is -2.11. The van der Waals surface area contributed by atoms with Crippen LogP contribution in [-0.4, -0.2) is 21.5 Å². The number of aromatic nitrogens is 2. The van der Waals surface area contributed by atoms with Gasteiger partial charge in [0.2, 0.25) is 11.6 Å². The Morgan fingerprint density at radius 2 is 1.74 bits per heavy atom. The number of para-hydroxylation sites is 1. The SMILES string of the molecule is CCOc1ccc(Nc2ncnc(Nc3ccccc3F)c2[N+](=O)[O-])cc1. The molecule has 2 aromatic carbocycles. The van der Waals surface area contributed by atoms with Gasteiger partial charge in [0.15, 0.2) is 0 Å². The van der Waals surface area contributed by atoms with Crippen molar-refractivity contribution in [3.63, 3.8) is 0 Å². The van der Waals surface area contributed by atoms with Crippen LogP contribution in [0.15, 0.2) is 54.9 Å². The minimum atomic E-state index is -0.625. The number of rotatable bonds is 7. The Hall–Kier alpha value is -3.75. The highest BCUT2D eigenvalue weighted by atomic mass is 19.1. The summed E-state index contributed by atoms with van der Waals surface area (Å²) in [6, 6.07) is 12.7. The quantitative estimate of drug-likeness (QED) is 0.470. The maximum Gasteiger partial charge on any atom is 0.353 e. The second-order valence-corrected chi connectivity index (χ2v) is 5.36. The molecule has 27 heavy (non-hydrogen) atoms. The summed E-state index contributed by atoms with van der Waals surface area (Å²) >= 11 is 0. The van der Waals surface area contributed by atoms with Crippen molar-refractivity contribution in [3.05, 3.63) is 70.8 Å². The topological polar surface area (TPSA) is 102 Å². The Labute approximate surface area is 154 Å². The molecule has 0 bridgehead atoms. The van der Waals surface area contributed by atoms with Crippen molar-refractivity contribution in [3.8, 4) is 5.75 Å². The maximum absolute atomic E-state index is 13.9. The van der Waals surface area contributed by atoms with E-state index in [2.05, 4.69) is 20.6 Å². The Balaban J connectivity index is 1.91. The molecule has 1 heterocycles. The van der Waals surface area contributed by atoms with Gasteiger partial charge >= 0.3 is 5.69 Å². The molecule has 0 aliphatic rings. The lowest BCUT2D eigenvalue weighted by Crippen LogP contribution is -2.06. The van der Waals surface area contributed by atoms with Gasteiger partial charge in [0.05, 0.1) is 17.2 Å². The van der Waals surface area contributed by atoms with E-state index >= 15 is 0 Å². The highest BCUT2D eigenvalue weighted by Gasteiger charge is 2.24. The van der Waals surface area contributed by atoms with Crippen molar-refractivity contribution < 1.29 is 14.1 Å². The van der Waals surface area contributed by atoms with Crippen LogP contribution in [0.1, 0.15) is 6.92 Å². The number of benzene rings is 2. The van der Waals surface area contributed by atoms with Gasteiger partial charge in [-0.3, -0.25) is 10.1 Å². The Bertz CT molecular complexity index is 950. The monoisotopic (exact) mass is 369 g/mol. The van der Waals surface area contributed by atoms with Crippen LogP contribution < -0.4 is 15.4 Å². The minimum absolute atomic E-state index is 0.0157. The first-order valence-corrected chi connectivity index (χ1v) is 8.09. The first-order valence-electron chi connectivity index (χ1n) is 8.09. The largest absolute Gasteiger partial charge is 0.494 e. The van der Waals surface area contributed by atoms with Crippen molar-refractivity contribution in [1.82, 2.24) is 9.97 Å². The van der Waals surface area contributed by atoms with E-state index in [0.29, 0.717) is 18.0 Å². The van der Waals surface area contributed by atoms with E-state index in [9.17, 15) is 14.5 Å². The zero-order valence-electron chi connectivity index (χ0n) is 14.3. The van der Waals surface area contributed by atoms with Gasteiger partial charge in [-0.15, -0.1) is 0 Å². The third kappa shape index (κ3) is 4.27. The molecule has 0 radical (unpaired) electrons. The average molecular weight is 369 g/mol. The van der Waals surface area contributed by atoms with Gasteiger partial charge < -0.3 is 15.4 Å². The van der Waals surface area contributed by atoms with Gasteiger partial charge in [-0.25, -0.2) is 14.4 Å². The van der Waals surface area contributed by atoms with Gasteiger partial charge in [0, 0.05) is 5.69 Å². The van der Waals surface area contributed by atoms with Crippen molar-refractivity contribution in [2.45, 2.75) is 6.92 Å². The lowest BCUT2D eigenvalue weighted by atomic mass is 10.3. The smallest absolute Gasteiger partial charge is 0.353 e. The van der Waals surface area contributed by atoms with Crippen molar-refractivity contribution in [2.24, 2.45) is 0 Å². The molecule has 0 aliphatic heterocycles. The Morgan fingerprint density at radius 1 is 1.07 bits per heavy atom. The molecular formula is C18H16FN5O3. The number of nitrogens with zero attached hydrogens (tertiary/aromatic N) is 3.